The predicted molar refractivity (Wildman–Crippen MR) is 170 cm³/mol. The van der Waals surface area contributed by atoms with Crippen molar-refractivity contribution < 1.29 is 0 Å². The second-order valence-corrected chi connectivity index (χ2v) is 14.2. The van der Waals surface area contributed by atoms with Gasteiger partial charge in [-0.05, 0) is 85.5 Å². The van der Waals surface area contributed by atoms with Crippen LogP contribution in [0.4, 0.5) is 0 Å². The van der Waals surface area contributed by atoms with Gasteiger partial charge in [-0.25, -0.2) is 0 Å². The van der Waals surface area contributed by atoms with Gasteiger partial charge in [0.15, 0.2) is 0 Å². The Balaban J connectivity index is 0.000000143. The molecule has 1 aromatic carbocycles. The summed E-state index contributed by atoms with van der Waals surface area (Å²) < 4.78 is 0. The first-order chi connectivity index (χ1) is 18.6. The summed E-state index contributed by atoms with van der Waals surface area (Å²) >= 11 is 0. The number of hydrogen-bond acceptors (Lipinski definition) is 0. The molecule has 0 atom stereocenters. The summed E-state index contributed by atoms with van der Waals surface area (Å²) in [5, 5.41) is 0. The lowest BCUT2D eigenvalue weighted by Crippen LogP contribution is -2.45. The van der Waals surface area contributed by atoms with Crippen LogP contribution in [0.1, 0.15) is 168 Å². The van der Waals surface area contributed by atoms with Gasteiger partial charge in [0, 0.05) is 0 Å². The zero-order valence-electron chi connectivity index (χ0n) is 26.3. The maximum absolute atomic E-state index is 2.42. The van der Waals surface area contributed by atoms with Gasteiger partial charge in [0.1, 0.15) is 0 Å². The quantitative estimate of drug-likeness (QED) is 0.348. The normalized spacial score (nSPS) is 30.3. The van der Waals surface area contributed by atoms with Crippen molar-refractivity contribution >= 4 is 0 Å². The molecular weight excluding hydrogens is 456 g/mol. The van der Waals surface area contributed by atoms with Crippen molar-refractivity contribution in [1.82, 2.24) is 0 Å². The first-order valence-corrected chi connectivity index (χ1v) is 17.6. The van der Waals surface area contributed by atoms with Crippen molar-refractivity contribution in [3.05, 3.63) is 35.9 Å². The van der Waals surface area contributed by atoms with Crippen molar-refractivity contribution in [2.75, 3.05) is 0 Å². The molecule has 0 N–H and O–H groups in total. The van der Waals surface area contributed by atoms with Crippen molar-refractivity contribution in [1.29, 1.82) is 0 Å². The minimum Gasteiger partial charge on any atom is -0.0654 e. The lowest BCUT2D eigenvalue weighted by atomic mass is 9.49. The average Bonchev–Trinajstić information content (AvgIpc) is 2.95. The fourth-order valence-electron chi connectivity index (χ4n) is 9.14. The van der Waals surface area contributed by atoms with Gasteiger partial charge < -0.3 is 0 Å². The number of benzene rings is 1. The molecule has 7 rings (SSSR count). The SMILES string of the molecule is CCC12CC3CC(CC(C3)C1)C2.CCC1CCCCC1.CCCC1CCCCC1.CCCc1ccccc1. The van der Waals surface area contributed by atoms with E-state index in [-0.39, 0.29) is 0 Å². The van der Waals surface area contributed by atoms with Gasteiger partial charge in [-0.2, -0.15) is 0 Å². The van der Waals surface area contributed by atoms with E-state index in [4.69, 9.17) is 0 Å². The van der Waals surface area contributed by atoms with Gasteiger partial charge in [0.2, 0.25) is 0 Å². The van der Waals surface area contributed by atoms with E-state index in [0.29, 0.717) is 0 Å². The molecule has 0 amide bonds. The predicted octanol–water partition coefficient (Wildman–Crippen LogP) is 12.6. The molecule has 6 aliphatic rings. The first kappa shape index (κ1) is 31.7. The van der Waals surface area contributed by atoms with Crippen LogP contribution in [0.5, 0.6) is 0 Å². The van der Waals surface area contributed by atoms with E-state index in [1.165, 1.54) is 108 Å². The Labute approximate surface area is 239 Å². The third kappa shape index (κ3) is 11.0. The summed E-state index contributed by atoms with van der Waals surface area (Å²) in [5.74, 6) is 5.64. The van der Waals surface area contributed by atoms with Crippen molar-refractivity contribution in [2.45, 2.75) is 169 Å². The molecule has 4 bridgehead atoms. The third-order valence-electron chi connectivity index (χ3n) is 11.0. The highest BCUT2D eigenvalue weighted by atomic mass is 14.5. The minimum atomic E-state index is 0.842. The van der Waals surface area contributed by atoms with E-state index < -0.39 is 0 Å². The second kappa shape index (κ2) is 17.8. The van der Waals surface area contributed by atoms with Crippen LogP contribution in [0.15, 0.2) is 30.3 Å². The van der Waals surface area contributed by atoms with Crippen LogP contribution < -0.4 is 0 Å². The molecule has 0 aliphatic heterocycles. The van der Waals surface area contributed by atoms with Crippen molar-refractivity contribution in [2.24, 2.45) is 35.0 Å². The first-order valence-electron chi connectivity index (χ1n) is 17.6. The van der Waals surface area contributed by atoms with E-state index in [0.717, 1.165) is 35.0 Å². The summed E-state index contributed by atoms with van der Waals surface area (Å²) in [6.45, 7) is 9.24. The molecule has 6 fully saturated rings. The Hall–Kier alpha value is -0.780. The molecule has 0 saturated heterocycles. The zero-order chi connectivity index (χ0) is 27.1. The second-order valence-electron chi connectivity index (χ2n) is 14.2. The molecule has 0 heteroatoms. The van der Waals surface area contributed by atoms with E-state index in [1.807, 2.05) is 0 Å². The molecule has 0 unspecified atom stereocenters. The zero-order valence-corrected chi connectivity index (χ0v) is 26.3. The molecule has 218 valence electrons. The van der Waals surface area contributed by atoms with E-state index in [1.54, 1.807) is 38.5 Å². The van der Waals surface area contributed by atoms with Gasteiger partial charge in [-0.15, -0.1) is 0 Å². The highest BCUT2D eigenvalue weighted by Gasteiger charge is 2.49. The van der Waals surface area contributed by atoms with Gasteiger partial charge in [0.05, 0.1) is 0 Å². The topological polar surface area (TPSA) is 0 Å². The summed E-state index contributed by atoms with van der Waals surface area (Å²) in [5.41, 5.74) is 2.29. The Bertz CT molecular complexity index is 652. The Morgan fingerprint density at radius 3 is 1.50 bits per heavy atom. The maximum atomic E-state index is 2.42. The monoisotopic (exact) mass is 523 g/mol. The molecule has 38 heavy (non-hydrogen) atoms. The van der Waals surface area contributed by atoms with Crippen LogP contribution in [0, 0.1) is 35.0 Å². The molecule has 0 radical (unpaired) electrons. The Morgan fingerprint density at radius 1 is 0.605 bits per heavy atom. The highest BCUT2D eigenvalue weighted by Crippen LogP contribution is 2.61. The van der Waals surface area contributed by atoms with Crippen molar-refractivity contribution in [3.63, 3.8) is 0 Å². The molecule has 0 spiro atoms. The maximum Gasteiger partial charge on any atom is -0.0281 e. The fraction of sp³-hybridized carbons (Fsp3) is 0.842. The highest BCUT2D eigenvalue weighted by molar-refractivity contribution is 5.14. The van der Waals surface area contributed by atoms with Crippen LogP contribution >= 0.6 is 0 Å². The fourth-order valence-corrected chi connectivity index (χ4v) is 9.14. The minimum absolute atomic E-state index is 0.842. The summed E-state index contributed by atoms with van der Waals surface area (Å²) in [4.78, 5) is 0. The van der Waals surface area contributed by atoms with Crippen LogP contribution in [-0.2, 0) is 6.42 Å². The van der Waals surface area contributed by atoms with Gasteiger partial charge in [-0.3, -0.25) is 0 Å². The molecule has 1 aromatic rings. The molecular formula is C38H66. The van der Waals surface area contributed by atoms with Crippen LogP contribution in [0.3, 0.4) is 0 Å². The summed E-state index contributed by atoms with van der Waals surface area (Å²) in [6, 6.07) is 10.6. The largest absolute Gasteiger partial charge is 0.0654 e. The molecule has 0 nitrogen and oxygen atoms in total. The average molecular weight is 523 g/mol. The van der Waals surface area contributed by atoms with Gasteiger partial charge in [-0.1, -0.05) is 154 Å². The van der Waals surface area contributed by atoms with Crippen LogP contribution in [0.25, 0.3) is 0 Å². The Kier molecular flexibility index (Phi) is 14.9. The van der Waals surface area contributed by atoms with Crippen molar-refractivity contribution in [3.8, 4) is 0 Å². The lowest BCUT2D eigenvalue weighted by Gasteiger charge is -2.56. The van der Waals surface area contributed by atoms with E-state index in [2.05, 4.69) is 58.0 Å². The van der Waals surface area contributed by atoms with Crippen LogP contribution in [-0.4, -0.2) is 0 Å². The lowest BCUT2D eigenvalue weighted by molar-refractivity contribution is -0.0545. The number of aryl methyl sites for hydroxylation is 1. The molecule has 0 aromatic heterocycles. The molecule has 6 aliphatic carbocycles. The number of rotatable bonds is 6. The van der Waals surface area contributed by atoms with Gasteiger partial charge >= 0.3 is 0 Å². The van der Waals surface area contributed by atoms with Gasteiger partial charge in [0.25, 0.3) is 0 Å². The summed E-state index contributed by atoms with van der Waals surface area (Å²) in [7, 11) is 0. The summed E-state index contributed by atoms with van der Waals surface area (Å²) in [6.07, 6.45) is 32.8. The number of hydrogen-bond donors (Lipinski definition) is 0. The molecule has 6 saturated carbocycles. The van der Waals surface area contributed by atoms with E-state index >= 15 is 0 Å². The Morgan fingerprint density at radius 2 is 1.11 bits per heavy atom. The third-order valence-corrected chi connectivity index (χ3v) is 11.0. The standard InChI is InChI=1S/C12H20.C9H18.C9H12.C8H16/c1-2-12-6-9-3-10(7-12)5-11(4-9)8-12;2*1-2-6-9-7-4-3-5-8-9;1-2-8-6-4-3-5-7-8/h9-11H,2-8H2,1H3;9H,2-8H2,1H3;3-5,7-8H,2,6H2,1H3;8H,2-7H2,1H3. The van der Waals surface area contributed by atoms with E-state index in [9.17, 15) is 0 Å². The molecule has 0 heterocycles. The van der Waals surface area contributed by atoms with Crippen LogP contribution in [0.2, 0.25) is 0 Å². The smallest absolute Gasteiger partial charge is 0.0281 e.